The van der Waals surface area contributed by atoms with E-state index in [1.165, 1.54) is 5.56 Å². The number of furan rings is 1. The van der Waals surface area contributed by atoms with E-state index in [2.05, 4.69) is 29.7 Å². The van der Waals surface area contributed by atoms with E-state index in [1.54, 1.807) is 6.26 Å². The average Bonchev–Trinajstić information content (AvgIpc) is 3.12. The van der Waals surface area contributed by atoms with Gasteiger partial charge in [0.25, 0.3) is 0 Å². The van der Waals surface area contributed by atoms with E-state index in [1.807, 2.05) is 43.4 Å². The van der Waals surface area contributed by atoms with Gasteiger partial charge in [-0.05, 0) is 38.1 Å². The van der Waals surface area contributed by atoms with Crippen LogP contribution in [0.5, 0.6) is 5.75 Å². The number of fused-ring (bicyclic) bond motifs is 1. The molecule has 0 radical (unpaired) electrons. The van der Waals surface area contributed by atoms with Crippen LogP contribution < -0.4 is 15.4 Å². The molecule has 2 aromatic carbocycles. The van der Waals surface area contributed by atoms with Gasteiger partial charge >= 0.3 is 0 Å². The van der Waals surface area contributed by atoms with Gasteiger partial charge in [-0.1, -0.05) is 36.4 Å². The van der Waals surface area contributed by atoms with E-state index in [0.717, 1.165) is 29.5 Å². The van der Waals surface area contributed by atoms with Crippen molar-refractivity contribution in [2.24, 2.45) is 0 Å². The van der Waals surface area contributed by atoms with Gasteiger partial charge in [0, 0.05) is 29.9 Å². The van der Waals surface area contributed by atoms with Crippen molar-refractivity contribution in [1.29, 1.82) is 0 Å². The molecule has 1 aromatic heterocycles. The van der Waals surface area contributed by atoms with E-state index >= 15 is 0 Å². The molecule has 0 aliphatic rings. The first-order valence-corrected chi connectivity index (χ1v) is 9.41. The highest BCUT2D eigenvalue weighted by Gasteiger charge is 2.16. The summed E-state index contributed by atoms with van der Waals surface area (Å²) in [5, 5.41) is 18.9. The molecule has 0 saturated carbocycles. The molecule has 0 saturated heterocycles. The SMILES string of the molecule is CNCCOc1ccc(CC(C)NCC(O)c2occ3ccccc23)cc1.Cl.Cl. The van der Waals surface area contributed by atoms with Crippen LogP contribution in [-0.2, 0) is 6.42 Å². The number of likely N-dealkylation sites (N-methyl/N-ethyl adjacent to an activating group) is 1. The molecule has 1 heterocycles. The van der Waals surface area contributed by atoms with E-state index in [-0.39, 0.29) is 30.9 Å². The molecule has 7 heteroatoms. The predicted molar refractivity (Wildman–Crippen MR) is 123 cm³/mol. The van der Waals surface area contributed by atoms with Crippen LogP contribution in [0.25, 0.3) is 10.8 Å². The number of rotatable bonds is 10. The number of benzene rings is 2. The van der Waals surface area contributed by atoms with Crippen molar-refractivity contribution in [3.63, 3.8) is 0 Å². The third-order valence-corrected chi connectivity index (χ3v) is 4.59. The minimum absolute atomic E-state index is 0. The Bertz CT molecular complexity index is 839. The first-order valence-electron chi connectivity index (χ1n) is 9.41. The number of hydrogen-bond donors (Lipinski definition) is 3. The molecule has 5 nitrogen and oxygen atoms in total. The minimum atomic E-state index is -0.671. The largest absolute Gasteiger partial charge is 0.492 e. The summed E-state index contributed by atoms with van der Waals surface area (Å²) in [7, 11) is 1.91. The number of ether oxygens (including phenoxy) is 1. The van der Waals surface area contributed by atoms with Crippen molar-refractivity contribution in [3.05, 3.63) is 66.1 Å². The van der Waals surface area contributed by atoms with Crippen LogP contribution in [0.15, 0.2) is 59.2 Å². The maximum absolute atomic E-state index is 10.5. The molecule has 29 heavy (non-hydrogen) atoms. The first kappa shape index (κ1) is 25.3. The van der Waals surface area contributed by atoms with Crippen LogP contribution in [-0.4, -0.2) is 37.9 Å². The van der Waals surface area contributed by atoms with Crippen LogP contribution in [0.2, 0.25) is 0 Å². The lowest BCUT2D eigenvalue weighted by molar-refractivity contribution is 0.146. The molecule has 3 rings (SSSR count). The van der Waals surface area contributed by atoms with Crippen LogP contribution in [0.1, 0.15) is 24.4 Å². The van der Waals surface area contributed by atoms with Gasteiger partial charge < -0.3 is 24.9 Å². The molecule has 160 valence electrons. The predicted octanol–water partition coefficient (Wildman–Crippen LogP) is 4.13. The first-order chi connectivity index (χ1) is 13.2. The Labute approximate surface area is 184 Å². The van der Waals surface area contributed by atoms with Crippen LogP contribution in [0, 0.1) is 0 Å². The van der Waals surface area contributed by atoms with Crippen molar-refractivity contribution < 1.29 is 14.3 Å². The molecular weight excluding hydrogens is 411 g/mol. The van der Waals surface area contributed by atoms with Crippen molar-refractivity contribution in [2.45, 2.75) is 25.5 Å². The Hall–Kier alpha value is -1.76. The highest BCUT2D eigenvalue weighted by Crippen LogP contribution is 2.26. The quantitative estimate of drug-likeness (QED) is 0.413. The topological polar surface area (TPSA) is 66.7 Å². The molecule has 0 spiro atoms. The van der Waals surface area contributed by atoms with Crippen LogP contribution in [0.3, 0.4) is 0 Å². The molecule has 0 aliphatic carbocycles. The second kappa shape index (κ2) is 12.7. The lowest BCUT2D eigenvalue weighted by Crippen LogP contribution is -2.32. The minimum Gasteiger partial charge on any atom is -0.492 e. The fourth-order valence-corrected chi connectivity index (χ4v) is 3.10. The fourth-order valence-electron chi connectivity index (χ4n) is 3.10. The number of aliphatic hydroxyl groups excluding tert-OH is 1. The van der Waals surface area contributed by atoms with E-state index in [4.69, 9.17) is 9.15 Å². The number of aliphatic hydroxyl groups is 1. The van der Waals surface area contributed by atoms with Crippen molar-refractivity contribution in [3.8, 4) is 5.75 Å². The zero-order valence-corrected chi connectivity index (χ0v) is 18.4. The summed E-state index contributed by atoms with van der Waals surface area (Å²) in [6.07, 6.45) is 1.90. The summed E-state index contributed by atoms with van der Waals surface area (Å²) in [6, 6.07) is 16.3. The molecule has 2 unspecified atom stereocenters. The molecular formula is C22H30Cl2N2O3. The number of hydrogen-bond acceptors (Lipinski definition) is 5. The molecule has 0 aliphatic heterocycles. The highest BCUT2D eigenvalue weighted by molar-refractivity contribution is 5.85. The van der Waals surface area contributed by atoms with Crippen LogP contribution in [0.4, 0.5) is 0 Å². The monoisotopic (exact) mass is 440 g/mol. The van der Waals surface area contributed by atoms with Crippen molar-refractivity contribution in [1.82, 2.24) is 10.6 Å². The van der Waals surface area contributed by atoms with Gasteiger partial charge in [0.15, 0.2) is 0 Å². The molecule has 3 N–H and O–H groups in total. The normalized spacial score (nSPS) is 12.7. The third-order valence-electron chi connectivity index (χ3n) is 4.59. The summed E-state index contributed by atoms with van der Waals surface area (Å²) in [5.41, 5.74) is 1.23. The highest BCUT2D eigenvalue weighted by atomic mass is 35.5. The Morgan fingerprint density at radius 3 is 2.52 bits per heavy atom. The maximum Gasteiger partial charge on any atom is 0.141 e. The van der Waals surface area contributed by atoms with Crippen molar-refractivity contribution in [2.75, 3.05) is 26.7 Å². The van der Waals surface area contributed by atoms with Crippen LogP contribution >= 0.6 is 24.8 Å². The van der Waals surface area contributed by atoms with Gasteiger partial charge in [0.05, 0.1) is 6.26 Å². The molecule has 0 bridgehead atoms. The molecule has 3 aromatic rings. The Morgan fingerprint density at radius 1 is 1.07 bits per heavy atom. The lowest BCUT2D eigenvalue weighted by atomic mass is 10.1. The summed E-state index contributed by atoms with van der Waals surface area (Å²) >= 11 is 0. The zero-order chi connectivity index (χ0) is 19.1. The summed E-state index contributed by atoms with van der Waals surface area (Å²) in [4.78, 5) is 0. The van der Waals surface area contributed by atoms with Gasteiger partial charge in [-0.15, -0.1) is 24.8 Å². The second-order valence-corrected chi connectivity index (χ2v) is 6.81. The van der Waals surface area contributed by atoms with Gasteiger partial charge in [0.2, 0.25) is 0 Å². The lowest BCUT2D eigenvalue weighted by Gasteiger charge is -2.17. The van der Waals surface area contributed by atoms with Gasteiger partial charge in [-0.2, -0.15) is 0 Å². The maximum atomic E-state index is 10.5. The molecule has 2 atom stereocenters. The van der Waals surface area contributed by atoms with Crippen molar-refractivity contribution >= 4 is 35.6 Å². The average molecular weight is 441 g/mol. The Morgan fingerprint density at radius 2 is 1.79 bits per heavy atom. The Kier molecular flexibility index (Phi) is 11.1. The molecule has 0 amide bonds. The van der Waals surface area contributed by atoms with Gasteiger partial charge in [0.1, 0.15) is 24.2 Å². The number of halogens is 2. The van der Waals surface area contributed by atoms with E-state index in [9.17, 15) is 5.11 Å². The second-order valence-electron chi connectivity index (χ2n) is 6.81. The molecule has 0 fully saturated rings. The van der Waals surface area contributed by atoms with Gasteiger partial charge in [-0.3, -0.25) is 0 Å². The van der Waals surface area contributed by atoms with Gasteiger partial charge in [-0.25, -0.2) is 0 Å². The summed E-state index contributed by atoms with van der Waals surface area (Å²) < 4.78 is 11.2. The smallest absolute Gasteiger partial charge is 0.141 e. The van der Waals surface area contributed by atoms with E-state index in [0.29, 0.717) is 18.9 Å². The summed E-state index contributed by atoms with van der Waals surface area (Å²) in [5.74, 6) is 1.50. The summed E-state index contributed by atoms with van der Waals surface area (Å²) in [6.45, 7) is 4.05. The standard InChI is InChI=1S/C22H28N2O3.2ClH/c1-16(13-17-7-9-19(10-8-17)26-12-11-23-2)24-14-21(25)22-20-6-4-3-5-18(20)15-27-22;;/h3-10,15-16,21,23-25H,11-14H2,1-2H3;2*1H. The fraction of sp³-hybridized carbons (Fsp3) is 0.364. The number of nitrogens with one attached hydrogen (secondary N) is 2. The Balaban J connectivity index is 0.00000210. The van der Waals surface area contributed by atoms with E-state index < -0.39 is 6.10 Å². The zero-order valence-electron chi connectivity index (χ0n) is 16.8. The third kappa shape index (κ3) is 7.21.